The van der Waals surface area contributed by atoms with Gasteiger partial charge in [-0.2, -0.15) is 0 Å². The fourth-order valence-corrected chi connectivity index (χ4v) is 3.76. The van der Waals surface area contributed by atoms with Gasteiger partial charge >= 0.3 is 6.09 Å². The Morgan fingerprint density at radius 3 is 2.61 bits per heavy atom. The van der Waals surface area contributed by atoms with Gasteiger partial charge in [0.05, 0.1) is 5.88 Å². The normalized spacial score (nSPS) is 18.3. The standard InChI is InChI=1S/C14H22N4O3S2/c1-8(2)11-16-17-12(23-11)15-10(19)9-6-22-7-18(9)13(20)21-14(3,4)5/h8-9H,6-7H2,1-5H3,(H,15,17,19)/t9-/m1/s1. The zero-order valence-corrected chi connectivity index (χ0v) is 15.6. The summed E-state index contributed by atoms with van der Waals surface area (Å²) in [6.45, 7) is 9.45. The van der Waals surface area contributed by atoms with Crippen molar-refractivity contribution < 1.29 is 14.3 Å². The zero-order valence-electron chi connectivity index (χ0n) is 14.0. The Bertz CT molecular complexity index is 583. The monoisotopic (exact) mass is 358 g/mol. The van der Waals surface area contributed by atoms with Crippen molar-refractivity contribution >= 4 is 40.2 Å². The first-order valence-electron chi connectivity index (χ1n) is 7.39. The van der Waals surface area contributed by atoms with Gasteiger partial charge in [0.2, 0.25) is 11.0 Å². The minimum absolute atomic E-state index is 0.257. The Kier molecular flexibility index (Phi) is 5.51. The molecule has 2 amide bonds. The Morgan fingerprint density at radius 1 is 1.35 bits per heavy atom. The number of anilines is 1. The largest absolute Gasteiger partial charge is 0.444 e. The Morgan fingerprint density at radius 2 is 2.04 bits per heavy atom. The molecular weight excluding hydrogens is 336 g/mol. The van der Waals surface area contributed by atoms with E-state index in [4.69, 9.17) is 4.74 Å². The van der Waals surface area contributed by atoms with Crippen molar-refractivity contribution in [3.05, 3.63) is 5.01 Å². The van der Waals surface area contributed by atoms with Crippen molar-refractivity contribution in [3.8, 4) is 0 Å². The van der Waals surface area contributed by atoms with E-state index in [0.717, 1.165) is 5.01 Å². The van der Waals surface area contributed by atoms with Crippen LogP contribution in [0.4, 0.5) is 9.93 Å². The summed E-state index contributed by atoms with van der Waals surface area (Å²) in [6, 6.07) is -0.554. The molecule has 0 aliphatic carbocycles. The van der Waals surface area contributed by atoms with Crippen LogP contribution in [0.15, 0.2) is 0 Å². The highest BCUT2D eigenvalue weighted by Crippen LogP contribution is 2.26. The molecule has 0 unspecified atom stereocenters. The Labute approximate surface area is 144 Å². The van der Waals surface area contributed by atoms with Gasteiger partial charge in [0.25, 0.3) is 0 Å². The van der Waals surface area contributed by atoms with Gasteiger partial charge in [-0.15, -0.1) is 22.0 Å². The van der Waals surface area contributed by atoms with Crippen LogP contribution in [0.3, 0.4) is 0 Å². The van der Waals surface area contributed by atoms with Gasteiger partial charge in [-0.3, -0.25) is 15.0 Å². The molecule has 1 saturated heterocycles. The second-order valence-electron chi connectivity index (χ2n) is 6.56. The van der Waals surface area contributed by atoms with E-state index in [9.17, 15) is 9.59 Å². The van der Waals surface area contributed by atoms with Gasteiger partial charge in [0.1, 0.15) is 16.7 Å². The summed E-state index contributed by atoms with van der Waals surface area (Å²) < 4.78 is 5.36. The number of rotatable bonds is 3. The molecule has 1 N–H and O–H groups in total. The van der Waals surface area contributed by atoms with Crippen molar-refractivity contribution in [2.45, 2.75) is 52.2 Å². The van der Waals surface area contributed by atoms with Crippen LogP contribution in [0.25, 0.3) is 0 Å². The maximum absolute atomic E-state index is 12.4. The minimum Gasteiger partial charge on any atom is -0.444 e. The fourth-order valence-electron chi connectivity index (χ4n) is 1.87. The molecule has 7 nitrogen and oxygen atoms in total. The molecule has 0 bridgehead atoms. The van der Waals surface area contributed by atoms with Crippen molar-refractivity contribution in [3.63, 3.8) is 0 Å². The first-order valence-corrected chi connectivity index (χ1v) is 9.36. The second-order valence-corrected chi connectivity index (χ2v) is 8.56. The van der Waals surface area contributed by atoms with Crippen LogP contribution in [0.5, 0.6) is 0 Å². The number of ether oxygens (including phenoxy) is 1. The smallest absolute Gasteiger partial charge is 0.411 e. The van der Waals surface area contributed by atoms with Gasteiger partial charge in [0.15, 0.2) is 0 Å². The average Bonchev–Trinajstić information content (AvgIpc) is 3.04. The minimum atomic E-state index is -0.587. The Balaban J connectivity index is 2.01. The average molecular weight is 358 g/mol. The molecule has 1 aromatic heterocycles. The highest BCUT2D eigenvalue weighted by molar-refractivity contribution is 7.99. The molecule has 1 atom stereocenters. The summed E-state index contributed by atoms with van der Waals surface area (Å²) in [4.78, 5) is 26.1. The topological polar surface area (TPSA) is 84.4 Å². The van der Waals surface area contributed by atoms with Gasteiger partial charge < -0.3 is 4.74 Å². The highest BCUT2D eigenvalue weighted by atomic mass is 32.2. The van der Waals surface area contributed by atoms with E-state index in [0.29, 0.717) is 16.8 Å². The molecule has 2 heterocycles. The molecule has 2 rings (SSSR count). The molecule has 1 aromatic rings. The quantitative estimate of drug-likeness (QED) is 0.894. The molecule has 0 saturated carbocycles. The number of nitrogens with one attached hydrogen (secondary N) is 1. The number of aromatic nitrogens is 2. The predicted molar refractivity (Wildman–Crippen MR) is 91.8 cm³/mol. The van der Waals surface area contributed by atoms with E-state index in [1.807, 2.05) is 13.8 Å². The lowest BCUT2D eigenvalue weighted by Crippen LogP contribution is -2.46. The van der Waals surface area contributed by atoms with Crippen LogP contribution < -0.4 is 5.32 Å². The van der Waals surface area contributed by atoms with E-state index >= 15 is 0 Å². The predicted octanol–water partition coefficient (Wildman–Crippen LogP) is 2.91. The number of hydrogen-bond donors (Lipinski definition) is 1. The van der Waals surface area contributed by atoms with Crippen molar-refractivity contribution in [2.75, 3.05) is 16.9 Å². The molecule has 0 radical (unpaired) electrons. The van der Waals surface area contributed by atoms with Crippen LogP contribution in [0.2, 0.25) is 0 Å². The number of carbonyl (C=O) groups excluding carboxylic acids is 2. The molecule has 1 aliphatic rings. The van der Waals surface area contributed by atoms with Gasteiger partial charge in [0, 0.05) is 11.7 Å². The lowest BCUT2D eigenvalue weighted by Gasteiger charge is -2.27. The highest BCUT2D eigenvalue weighted by Gasteiger charge is 2.37. The SMILES string of the molecule is CC(C)c1nnc(NC(=O)[C@H]2CSCN2C(=O)OC(C)(C)C)s1. The fraction of sp³-hybridized carbons (Fsp3) is 0.714. The van der Waals surface area contributed by atoms with E-state index < -0.39 is 17.7 Å². The Hall–Kier alpha value is -1.35. The molecule has 128 valence electrons. The van der Waals surface area contributed by atoms with Crippen molar-refractivity contribution in [1.29, 1.82) is 0 Å². The number of nitrogens with zero attached hydrogens (tertiary/aromatic N) is 3. The molecule has 9 heteroatoms. The second kappa shape index (κ2) is 7.04. The van der Waals surface area contributed by atoms with Gasteiger partial charge in [-0.05, 0) is 20.8 Å². The number of thioether (sulfide) groups is 1. The van der Waals surface area contributed by atoms with Gasteiger partial charge in [-0.25, -0.2) is 4.79 Å². The first kappa shape index (κ1) is 18.0. The van der Waals surface area contributed by atoms with Crippen molar-refractivity contribution in [1.82, 2.24) is 15.1 Å². The third kappa shape index (κ3) is 4.81. The molecule has 0 spiro atoms. The molecule has 0 aromatic carbocycles. The van der Waals surface area contributed by atoms with Gasteiger partial charge in [-0.1, -0.05) is 25.2 Å². The maximum Gasteiger partial charge on any atom is 0.411 e. The summed E-state index contributed by atoms with van der Waals surface area (Å²) >= 11 is 2.88. The third-order valence-corrected chi connectivity index (χ3v) is 5.13. The summed E-state index contributed by atoms with van der Waals surface area (Å²) in [6.07, 6.45) is -0.470. The molecule has 1 fully saturated rings. The summed E-state index contributed by atoms with van der Waals surface area (Å²) in [5, 5.41) is 12.1. The third-order valence-electron chi connectivity index (χ3n) is 2.98. The number of carbonyl (C=O) groups is 2. The number of amides is 2. The first-order chi connectivity index (χ1) is 10.7. The maximum atomic E-state index is 12.4. The lowest BCUT2D eigenvalue weighted by molar-refractivity contribution is -0.120. The van der Waals surface area contributed by atoms with Crippen LogP contribution in [0, 0.1) is 0 Å². The van der Waals surface area contributed by atoms with E-state index in [2.05, 4.69) is 15.5 Å². The molecule has 23 heavy (non-hydrogen) atoms. The lowest BCUT2D eigenvalue weighted by atomic mass is 10.2. The zero-order chi connectivity index (χ0) is 17.2. The van der Waals surface area contributed by atoms with Crippen LogP contribution in [-0.2, 0) is 9.53 Å². The van der Waals surface area contributed by atoms with Crippen LogP contribution in [-0.4, -0.2) is 50.4 Å². The molecular formula is C14H22N4O3S2. The summed E-state index contributed by atoms with van der Waals surface area (Å²) in [7, 11) is 0. The summed E-state index contributed by atoms with van der Waals surface area (Å²) in [5.41, 5.74) is -0.587. The number of hydrogen-bond acceptors (Lipinski definition) is 7. The summed E-state index contributed by atoms with van der Waals surface area (Å²) in [5.74, 6) is 0.993. The van der Waals surface area contributed by atoms with E-state index in [-0.39, 0.29) is 11.8 Å². The molecule has 1 aliphatic heterocycles. The van der Waals surface area contributed by atoms with Crippen LogP contribution in [0.1, 0.15) is 45.5 Å². The van der Waals surface area contributed by atoms with Crippen LogP contribution >= 0.6 is 23.1 Å². The van der Waals surface area contributed by atoms with E-state index in [1.165, 1.54) is 28.0 Å². The van der Waals surface area contributed by atoms with E-state index in [1.54, 1.807) is 20.8 Å². The van der Waals surface area contributed by atoms with Crippen molar-refractivity contribution in [2.24, 2.45) is 0 Å².